The van der Waals surface area contributed by atoms with Crippen molar-refractivity contribution in [3.05, 3.63) is 59.7 Å². The molecule has 2 aromatic carbocycles. The summed E-state index contributed by atoms with van der Waals surface area (Å²) in [5, 5.41) is 3.00. The van der Waals surface area contributed by atoms with Crippen molar-refractivity contribution in [2.75, 3.05) is 24.2 Å². The minimum absolute atomic E-state index is 0.00634. The zero-order valence-corrected chi connectivity index (χ0v) is 23.7. The highest BCUT2D eigenvalue weighted by Crippen LogP contribution is 2.21. The Morgan fingerprint density at radius 3 is 2.30 bits per heavy atom. The molecule has 2 rings (SSSR count). The van der Waals surface area contributed by atoms with Crippen LogP contribution in [0, 0.1) is 6.92 Å². The van der Waals surface area contributed by atoms with Crippen molar-refractivity contribution in [3.63, 3.8) is 0 Å². The predicted molar refractivity (Wildman–Crippen MR) is 148 cm³/mol. The molecule has 2 atom stereocenters. The number of anilines is 1. The molecule has 0 aliphatic heterocycles. The van der Waals surface area contributed by atoms with Gasteiger partial charge >= 0.3 is 0 Å². The van der Waals surface area contributed by atoms with Crippen molar-refractivity contribution in [2.45, 2.75) is 72.0 Å². The highest BCUT2D eigenvalue weighted by molar-refractivity contribution is 7.92. The van der Waals surface area contributed by atoms with Crippen molar-refractivity contribution in [3.8, 4) is 5.75 Å². The number of aryl methyl sites for hydroxylation is 1. The average molecular weight is 532 g/mol. The second-order valence-corrected chi connectivity index (χ2v) is 11.3. The van der Waals surface area contributed by atoms with Gasteiger partial charge in [0.05, 0.1) is 19.1 Å². The van der Waals surface area contributed by atoms with E-state index in [1.54, 1.807) is 24.1 Å². The van der Waals surface area contributed by atoms with E-state index in [-0.39, 0.29) is 37.4 Å². The molecule has 0 fully saturated rings. The monoisotopic (exact) mass is 531 g/mol. The van der Waals surface area contributed by atoms with E-state index >= 15 is 0 Å². The maximum Gasteiger partial charge on any atom is 0.243 e. The molecule has 0 bridgehead atoms. The molecular formula is C28H41N3O5S. The van der Waals surface area contributed by atoms with Crippen LogP contribution in [0.1, 0.15) is 57.6 Å². The summed E-state index contributed by atoms with van der Waals surface area (Å²) in [6, 6.07) is 14.0. The van der Waals surface area contributed by atoms with Gasteiger partial charge in [0.25, 0.3) is 0 Å². The zero-order valence-electron chi connectivity index (χ0n) is 22.9. The van der Waals surface area contributed by atoms with Crippen LogP contribution in [-0.4, -0.2) is 57.1 Å². The first-order valence-electron chi connectivity index (χ1n) is 12.8. The van der Waals surface area contributed by atoms with Gasteiger partial charge in [0.2, 0.25) is 21.8 Å². The molecule has 0 heterocycles. The average Bonchev–Trinajstić information content (AvgIpc) is 2.86. The van der Waals surface area contributed by atoms with Crippen LogP contribution in [-0.2, 0) is 26.2 Å². The maximum atomic E-state index is 13.5. The summed E-state index contributed by atoms with van der Waals surface area (Å²) in [5.74, 6) is 0.278. The van der Waals surface area contributed by atoms with E-state index in [4.69, 9.17) is 4.74 Å². The van der Waals surface area contributed by atoms with Gasteiger partial charge < -0.3 is 15.0 Å². The van der Waals surface area contributed by atoms with Gasteiger partial charge in [-0.2, -0.15) is 0 Å². The third kappa shape index (κ3) is 9.07. The van der Waals surface area contributed by atoms with Crippen LogP contribution in [0.3, 0.4) is 0 Å². The van der Waals surface area contributed by atoms with Gasteiger partial charge in [0, 0.05) is 25.6 Å². The molecular weight excluding hydrogens is 490 g/mol. The summed E-state index contributed by atoms with van der Waals surface area (Å²) in [4.78, 5) is 28.2. The number of ether oxygens (including phenoxy) is 1. The van der Waals surface area contributed by atoms with Crippen molar-refractivity contribution in [1.29, 1.82) is 0 Å². The summed E-state index contributed by atoms with van der Waals surface area (Å²) in [6.45, 7) is 8.16. The summed E-state index contributed by atoms with van der Waals surface area (Å²) in [7, 11) is -1.94. The molecule has 0 saturated carbocycles. The van der Waals surface area contributed by atoms with E-state index in [1.165, 1.54) is 4.31 Å². The van der Waals surface area contributed by atoms with E-state index in [0.29, 0.717) is 24.3 Å². The minimum Gasteiger partial charge on any atom is -0.497 e. The van der Waals surface area contributed by atoms with Crippen molar-refractivity contribution in [2.24, 2.45) is 0 Å². The molecule has 0 radical (unpaired) electrons. The first-order valence-corrected chi connectivity index (χ1v) is 14.6. The lowest BCUT2D eigenvalue weighted by Gasteiger charge is -2.32. The molecule has 204 valence electrons. The first-order chi connectivity index (χ1) is 17.5. The Balaban J connectivity index is 2.24. The number of amides is 2. The number of hydrogen-bond acceptors (Lipinski definition) is 5. The zero-order chi connectivity index (χ0) is 27.6. The SMILES string of the molecule is CC[C@H](C)NC(=O)[C@H](CC)N(Cc1cccc(OC)c1)C(=O)CCCN(c1ccc(C)cc1)S(C)(=O)=O. The summed E-state index contributed by atoms with van der Waals surface area (Å²) in [5.41, 5.74) is 2.44. The largest absolute Gasteiger partial charge is 0.497 e. The number of sulfonamides is 1. The van der Waals surface area contributed by atoms with E-state index in [9.17, 15) is 18.0 Å². The number of nitrogens with zero attached hydrogens (tertiary/aromatic N) is 2. The number of rotatable bonds is 14. The Morgan fingerprint density at radius 2 is 1.73 bits per heavy atom. The number of methoxy groups -OCH3 is 1. The summed E-state index contributed by atoms with van der Waals surface area (Å²) < 4.78 is 31.6. The third-order valence-corrected chi connectivity index (χ3v) is 7.54. The second-order valence-electron chi connectivity index (χ2n) is 9.39. The molecule has 0 aromatic heterocycles. The van der Waals surface area contributed by atoms with Gasteiger partial charge in [-0.05, 0) is 62.9 Å². The summed E-state index contributed by atoms with van der Waals surface area (Å²) >= 11 is 0. The number of nitrogens with one attached hydrogen (secondary N) is 1. The Morgan fingerprint density at radius 1 is 1.05 bits per heavy atom. The molecule has 0 aliphatic rings. The van der Waals surface area contributed by atoms with Gasteiger partial charge in [-0.1, -0.05) is 43.7 Å². The van der Waals surface area contributed by atoms with Crippen LogP contribution in [0.25, 0.3) is 0 Å². The lowest BCUT2D eigenvalue weighted by atomic mass is 10.1. The van der Waals surface area contributed by atoms with Crippen LogP contribution >= 0.6 is 0 Å². The number of carbonyl (C=O) groups excluding carboxylic acids is 2. The van der Waals surface area contributed by atoms with Crippen molar-refractivity contribution in [1.82, 2.24) is 10.2 Å². The molecule has 0 unspecified atom stereocenters. The minimum atomic E-state index is -3.53. The molecule has 0 aliphatic carbocycles. The highest BCUT2D eigenvalue weighted by Gasteiger charge is 2.29. The fourth-order valence-corrected chi connectivity index (χ4v) is 5.01. The molecule has 9 heteroatoms. The standard InChI is InChI=1S/C28H41N3O5S/c1-7-22(4)29-28(33)26(8-2)30(20-23-11-9-12-25(19-23)36-5)27(32)13-10-18-31(37(6,34)35)24-16-14-21(3)15-17-24/h9,11-12,14-17,19,22,26H,7-8,10,13,18,20H2,1-6H3,(H,29,33)/t22-,26-/m0/s1. The first kappa shape index (κ1) is 30.2. The quantitative estimate of drug-likeness (QED) is 0.393. The van der Waals surface area contributed by atoms with Crippen LogP contribution < -0.4 is 14.4 Å². The van der Waals surface area contributed by atoms with Gasteiger partial charge in [0.15, 0.2) is 0 Å². The molecule has 0 saturated heterocycles. The molecule has 1 N–H and O–H groups in total. The van der Waals surface area contributed by atoms with E-state index in [2.05, 4.69) is 5.32 Å². The predicted octanol–water partition coefficient (Wildman–Crippen LogP) is 4.27. The van der Waals surface area contributed by atoms with Gasteiger partial charge in [-0.3, -0.25) is 13.9 Å². The molecule has 2 amide bonds. The lowest BCUT2D eigenvalue weighted by molar-refractivity contribution is -0.141. The van der Waals surface area contributed by atoms with E-state index < -0.39 is 16.1 Å². The van der Waals surface area contributed by atoms with E-state index in [1.807, 2.05) is 64.1 Å². The number of carbonyl (C=O) groups is 2. The lowest BCUT2D eigenvalue weighted by Crippen LogP contribution is -2.50. The Kier molecular flexibility index (Phi) is 11.4. The van der Waals surface area contributed by atoms with Crippen LogP contribution in [0.15, 0.2) is 48.5 Å². The molecule has 2 aromatic rings. The van der Waals surface area contributed by atoms with Crippen molar-refractivity contribution < 1.29 is 22.7 Å². The van der Waals surface area contributed by atoms with Gasteiger partial charge in [-0.15, -0.1) is 0 Å². The van der Waals surface area contributed by atoms with Crippen LogP contribution in [0.2, 0.25) is 0 Å². The normalized spacial score (nSPS) is 12.9. The Hall–Kier alpha value is -3.07. The smallest absolute Gasteiger partial charge is 0.243 e. The Bertz CT molecular complexity index is 1130. The highest BCUT2D eigenvalue weighted by atomic mass is 32.2. The number of hydrogen-bond donors (Lipinski definition) is 1. The summed E-state index contributed by atoms with van der Waals surface area (Å²) in [6.07, 6.45) is 2.83. The third-order valence-electron chi connectivity index (χ3n) is 6.35. The van der Waals surface area contributed by atoms with Crippen LogP contribution in [0.5, 0.6) is 5.75 Å². The maximum absolute atomic E-state index is 13.5. The topological polar surface area (TPSA) is 96.0 Å². The molecule has 8 nitrogen and oxygen atoms in total. The van der Waals surface area contributed by atoms with Crippen molar-refractivity contribution >= 4 is 27.5 Å². The fraction of sp³-hybridized carbons (Fsp3) is 0.500. The molecule has 37 heavy (non-hydrogen) atoms. The number of benzene rings is 2. The molecule has 0 spiro atoms. The van der Waals surface area contributed by atoms with Gasteiger partial charge in [-0.25, -0.2) is 8.42 Å². The second kappa shape index (κ2) is 14.0. The Labute approximate surface area is 222 Å². The van der Waals surface area contributed by atoms with Gasteiger partial charge in [0.1, 0.15) is 11.8 Å². The van der Waals surface area contributed by atoms with E-state index in [0.717, 1.165) is 23.8 Å². The van der Waals surface area contributed by atoms with Crippen LogP contribution in [0.4, 0.5) is 5.69 Å². The fourth-order valence-electron chi connectivity index (χ4n) is 4.04.